The van der Waals surface area contributed by atoms with E-state index in [2.05, 4.69) is 9.88 Å². The van der Waals surface area contributed by atoms with Crippen LogP contribution in [0.5, 0.6) is 0 Å². The fraction of sp³-hybridized carbons (Fsp3) is 0.333. The Kier molecular flexibility index (Phi) is 4.12. The Morgan fingerprint density at radius 1 is 1.29 bits per heavy atom. The zero-order chi connectivity index (χ0) is 14.8. The fourth-order valence-corrected chi connectivity index (χ4v) is 3.59. The Morgan fingerprint density at radius 3 is 2.67 bits per heavy atom. The summed E-state index contributed by atoms with van der Waals surface area (Å²) in [5.74, 6) is 0.134. The molecule has 0 saturated carbocycles. The Balaban J connectivity index is 1.67. The van der Waals surface area contributed by atoms with Gasteiger partial charge in [0.1, 0.15) is 0 Å². The Labute approximate surface area is 133 Å². The SMILES string of the molecule is Cc1cscc1C(=O)N1CCN(c2ccncc2Cl)CC1. The van der Waals surface area contributed by atoms with Crippen molar-refractivity contribution in [1.82, 2.24) is 9.88 Å². The Morgan fingerprint density at radius 2 is 2.05 bits per heavy atom. The molecule has 21 heavy (non-hydrogen) atoms. The highest BCUT2D eigenvalue weighted by atomic mass is 35.5. The summed E-state index contributed by atoms with van der Waals surface area (Å²) >= 11 is 7.75. The van der Waals surface area contributed by atoms with Crippen LogP contribution < -0.4 is 4.90 Å². The van der Waals surface area contributed by atoms with Crippen molar-refractivity contribution in [2.45, 2.75) is 6.92 Å². The van der Waals surface area contributed by atoms with Gasteiger partial charge >= 0.3 is 0 Å². The van der Waals surface area contributed by atoms with E-state index in [1.165, 1.54) is 0 Å². The number of carbonyl (C=O) groups is 1. The molecule has 1 saturated heterocycles. The quantitative estimate of drug-likeness (QED) is 0.853. The van der Waals surface area contributed by atoms with Crippen molar-refractivity contribution >= 4 is 34.5 Å². The highest BCUT2D eigenvalue weighted by molar-refractivity contribution is 7.08. The van der Waals surface area contributed by atoms with Crippen LogP contribution in [0.15, 0.2) is 29.2 Å². The molecule has 2 aromatic heterocycles. The third-order valence-corrected chi connectivity index (χ3v) is 4.90. The molecule has 1 fully saturated rings. The predicted molar refractivity (Wildman–Crippen MR) is 86.4 cm³/mol. The van der Waals surface area contributed by atoms with Crippen molar-refractivity contribution in [3.05, 3.63) is 45.4 Å². The second-order valence-corrected chi connectivity index (χ2v) is 6.23. The summed E-state index contributed by atoms with van der Waals surface area (Å²) < 4.78 is 0. The summed E-state index contributed by atoms with van der Waals surface area (Å²) in [6.07, 6.45) is 3.40. The van der Waals surface area contributed by atoms with Gasteiger partial charge < -0.3 is 9.80 Å². The van der Waals surface area contributed by atoms with Gasteiger partial charge in [0.25, 0.3) is 5.91 Å². The number of halogens is 1. The highest BCUT2D eigenvalue weighted by Gasteiger charge is 2.24. The number of carbonyl (C=O) groups excluding carboxylic acids is 1. The van der Waals surface area contributed by atoms with Gasteiger partial charge in [-0.15, -0.1) is 0 Å². The van der Waals surface area contributed by atoms with Crippen LogP contribution in [0.25, 0.3) is 0 Å². The minimum absolute atomic E-state index is 0.134. The first-order valence-electron chi connectivity index (χ1n) is 6.83. The zero-order valence-electron chi connectivity index (χ0n) is 11.8. The van der Waals surface area contributed by atoms with E-state index >= 15 is 0 Å². The molecule has 0 bridgehead atoms. The zero-order valence-corrected chi connectivity index (χ0v) is 13.3. The van der Waals surface area contributed by atoms with E-state index in [1.54, 1.807) is 23.7 Å². The van der Waals surface area contributed by atoms with Gasteiger partial charge in [-0.3, -0.25) is 9.78 Å². The number of rotatable bonds is 2. The molecule has 0 atom stereocenters. The number of thiophene rings is 1. The highest BCUT2D eigenvalue weighted by Crippen LogP contribution is 2.25. The standard InChI is InChI=1S/C15H16ClN3OS/c1-11-9-21-10-12(11)15(20)19-6-4-18(5-7-19)14-2-3-17-8-13(14)16/h2-3,8-10H,4-7H2,1H3. The number of nitrogens with zero attached hydrogens (tertiary/aromatic N) is 3. The molecule has 1 aliphatic rings. The number of piperazine rings is 1. The Bertz CT molecular complexity index is 650. The van der Waals surface area contributed by atoms with Crippen LogP contribution in [0, 0.1) is 6.92 Å². The number of anilines is 1. The second kappa shape index (κ2) is 6.03. The predicted octanol–water partition coefficient (Wildman–Crippen LogP) is 3.07. The van der Waals surface area contributed by atoms with Crippen molar-refractivity contribution < 1.29 is 4.79 Å². The first-order valence-corrected chi connectivity index (χ1v) is 8.15. The van der Waals surface area contributed by atoms with Crippen molar-refractivity contribution in [2.24, 2.45) is 0 Å². The molecule has 2 aromatic rings. The number of hydrogen-bond acceptors (Lipinski definition) is 4. The monoisotopic (exact) mass is 321 g/mol. The van der Waals surface area contributed by atoms with E-state index in [1.807, 2.05) is 28.7 Å². The number of amides is 1. The third-order valence-electron chi connectivity index (χ3n) is 3.74. The van der Waals surface area contributed by atoms with Gasteiger partial charge in [-0.1, -0.05) is 11.6 Å². The summed E-state index contributed by atoms with van der Waals surface area (Å²) in [4.78, 5) is 20.6. The fourth-order valence-electron chi connectivity index (χ4n) is 2.52. The minimum Gasteiger partial charge on any atom is -0.367 e. The lowest BCUT2D eigenvalue weighted by atomic mass is 10.2. The molecule has 0 aliphatic carbocycles. The van der Waals surface area contributed by atoms with E-state index in [0.717, 1.165) is 29.9 Å². The minimum atomic E-state index is 0.134. The van der Waals surface area contributed by atoms with Crippen LogP contribution in [0.2, 0.25) is 5.02 Å². The first-order chi connectivity index (χ1) is 10.2. The third kappa shape index (κ3) is 2.89. The smallest absolute Gasteiger partial charge is 0.255 e. The maximum absolute atomic E-state index is 12.5. The average molecular weight is 322 g/mol. The van der Waals surface area contributed by atoms with Gasteiger partial charge in [-0.25, -0.2) is 0 Å². The van der Waals surface area contributed by atoms with Gasteiger partial charge in [0.2, 0.25) is 0 Å². The molecular weight excluding hydrogens is 306 g/mol. The molecule has 1 aliphatic heterocycles. The topological polar surface area (TPSA) is 36.4 Å². The van der Waals surface area contributed by atoms with E-state index in [0.29, 0.717) is 18.1 Å². The van der Waals surface area contributed by atoms with Gasteiger partial charge in [-0.2, -0.15) is 11.3 Å². The number of aryl methyl sites for hydroxylation is 1. The Hall–Kier alpha value is -1.59. The van der Waals surface area contributed by atoms with Crippen LogP contribution in [0.4, 0.5) is 5.69 Å². The number of hydrogen-bond donors (Lipinski definition) is 0. The van der Waals surface area contributed by atoms with Crippen molar-refractivity contribution in [3.63, 3.8) is 0 Å². The molecule has 0 radical (unpaired) electrons. The number of pyridine rings is 1. The average Bonchev–Trinajstić information content (AvgIpc) is 2.93. The van der Waals surface area contributed by atoms with Crippen molar-refractivity contribution in [1.29, 1.82) is 0 Å². The molecule has 0 aromatic carbocycles. The maximum Gasteiger partial charge on any atom is 0.255 e. The molecule has 3 heterocycles. The van der Waals surface area contributed by atoms with Crippen LogP contribution in [-0.2, 0) is 0 Å². The van der Waals surface area contributed by atoms with Gasteiger partial charge in [-0.05, 0) is 23.9 Å². The van der Waals surface area contributed by atoms with Crippen LogP contribution >= 0.6 is 22.9 Å². The molecule has 110 valence electrons. The van der Waals surface area contributed by atoms with E-state index in [-0.39, 0.29) is 5.91 Å². The molecule has 4 nitrogen and oxygen atoms in total. The van der Waals surface area contributed by atoms with Crippen LogP contribution in [0.1, 0.15) is 15.9 Å². The molecular formula is C15H16ClN3OS. The van der Waals surface area contributed by atoms with Gasteiger partial charge in [0.05, 0.1) is 16.3 Å². The van der Waals surface area contributed by atoms with Gasteiger partial charge in [0, 0.05) is 44.0 Å². The summed E-state index contributed by atoms with van der Waals surface area (Å²) in [5, 5.41) is 4.61. The first kappa shape index (κ1) is 14.4. The summed E-state index contributed by atoms with van der Waals surface area (Å²) in [7, 11) is 0. The molecule has 1 amide bonds. The summed E-state index contributed by atoms with van der Waals surface area (Å²) in [6, 6.07) is 1.92. The molecule has 0 N–H and O–H groups in total. The van der Waals surface area contributed by atoms with Gasteiger partial charge in [0.15, 0.2) is 0 Å². The lowest BCUT2D eigenvalue weighted by Gasteiger charge is -2.36. The molecule has 6 heteroatoms. The van der Waals surface area contributed by atoms with Crippen LogP contribution in [0.3, 0.4) is 0 Å². The second-order valence-electron chi connectivity index (χ2n) is 5.07. The van der Waals surface area contributed by atoms with Crippen LogP contribution in [-0.4, -0.2) is 42.0 Å². The largest absolute Gasteiger partial charge is 0.367 e. The van der Waals surface area contributed by atoms with Crippen molar-refractivity contribution in [3.8, 4) is 0 Å². The molecule has 3 rings (SSSR count). The molecule has 0 spiro atoms. The summed E-state index contributed by atoms with van der Waals surface area (Å²) in [5.41, 5.74) is 2.88. The maximum atomic E-state index is 12.5. The summed E-state index contributed by atoms with van der Waals surface area (Å²) in [6.45, 7) is 4.99. The van der Waals surface area contributed by atoms with E-state index < -0.39 is 0 Å². The van der Waals surface area contributed by atoms with E-state index in [4.69, 9.17) is 11.6 Å². The lowest BCUT2D eigenvalue weighted by molar-refractivity contribution is 0.0746. The normalized spacial score (nSPS) is 15.3. The number of aromatic nitrogens is 1. The lowest BCUT2D eigenvalue weighted by Crippen LogP contribution is -2.49. The molecule has 0 unspecified atom stereocenters. The van der Waals surface area contributed by atoms with E-state index in [9.17, 15) is 4.79 Å². The van der Waals surface area contributed by atoms with Crippen molar-refractivity contribution in [2.75, 3.05) is 31.1 Å².